The summed E-state index contributed by atoms with van der Waals surface area (Å²) in [6, 6.07) is 3.32. The second kappa shape index (κ2) is 6.29. The lowest BCUT2D eigenvalue weighted by atomic mass is 10.2. The number of amides is 1. The van der Waals surface area contributed by atoms with Crippen LogP contribution in [0.15, 0.2) is 24.7 Å². The number of halogens is 1. The van der Waals surface area contributed by atoms with E-state index in [1.165, 1.54) is 12.5 Å². The van der Waals surface area contributed by atoms with Crippen molar-refractivity contribution in [1.29, 1.82) is 0 Å². The zero-order chi connectivity index (χ0) is 14.5. The predicted octanol–water partition coefficient (Wildman–Crippen LogP) is 2.52. The third-order valence-electron chi connectivity index (χ3n) is 2.61. The van der Waals surface area contributed by atoms with Crippen molar-refractivity contribution in [1.82, 2.24) is 15.0 Å². The van der Waals surface area contributed by atoms with Gasteiger partial charge < -0.3 is 10.6 Å². The van der Waals surface area contributed by atoms with Gasteiger partial charge in [0.2, 0.25) is 0 Å². The average Bonchev–Trinajstić information content (AvgIpc) is 2.42. The van der Waals surface area contributed by atoms with Crippen molar-refractivity contribution in [2.45, 2.75) is 13.8 Å². The molecule has 1 amide bonds. The molecule has 2 aromatic rings. The van der Waals surface area contributed by atoms with Gasteiger partial charge in [0, 0.05) is 12.7 Å². The Balaban J connectivity index is 2.26. The molecule has 7 heteroatoms. The van der Waals surface area contributed by atoms with Gasteiger partial charge in [0.1, 0.15) is 11.5 Å². The van der Waals surface area contributed by atoms with Crippen molar-refractivity contribution >= 4 is 29.0 Å². The summed E-state index contributed by atoms with van der Waals surface area (Å²) in [5.74, 6) is 0.245. The lowest BCUT2D eigenvalue weighted by Gasteiger charge is -2.11. The molecule has 0 radical (unpaired) electrons. The van der Waals surface area contributed by atoms with Gasteiger partial charge in [0.25, 0.3) is 5.91 Å². The average molecular weight is 292 g/mol. The lowest BCUT2D eigenvalue weighted by Crippen LogP contribution is -2.16. The van der Waals surface area contributed by atoms with Gasteiger partial charge in [-0.05, 0) is 26.0 Å². The van der Waals surface area contributed by atoms with E-state index in [0.29, 0.717) is 34.5 Å². The van der Waals surface area contributed by atoms with Gasteiger partial charge in [0.15, 0.2) is 5.82 Å². The highest BCUT2D eigenvalue weighted by atomic mass is 35.5. The van der Waals surface area contributed by atoms with Crippen LogP contribution >= 0.6 is 11.6 Å². The summed E-state index contributed by atoms with van der Waals surface area (Å²) in [7, 11) is 0. The van der Waals surface area contributed by atoms with Crippen molar-refractivity contribution in [2.75, 3.05) is 17.2 Å². The number of carbonyl (C=O) groups excluding carboxylic acids is 1. The summed E-state index contributed by atoms with van der Waals surface area (Å²) >= 11 is 5.85. The minimum absolute atomic E-state index is 0.286. The van der Waals surface area contributed by atoms with Crippen molar-refractivity contribution in [3.05, 3.63) is 41.1 Å². The predicted molar refractivity (Wildman–Crippen MR) is 78.1 cm³/mol. The second-order valence-corrected chi connectivity index (χ2v) is 4.42. The number of pyridine rings is 1. The highest BCUT2D eigenvalue weighted by Crippen LogP contribution is 2.22. The van der Waals surface area contributed by atoms with Crippen LogP contribution < -0.4 is 10.6 Å². The molecule has 0 saturated carbocycles. The molecule has 0 aliphatic rings. The van der Waals surface area contributed by atoms with E-state index < -0.39 is 0 Å². The molecule has 0 aromatic carbocycles. The van der Waals surface area contributed by atoms with E-state index in [4.69, 9.17) is 11.6 Å². The first kappa shape index (κ1) is 14.2. The van der Waals surface area contributed by atoms with Crippen molar-refractivity contribution < 1.29 is 4.79 Å². The molecule has 0 bridgehead atoms. The molecule has 2 N–H and O–H groups in total. The normalized spacial score (nSPS) is 10.2. The van der Waals surface area contributed by atoms with Gasteiger partial charge in [-0.25, -0.2) is 15.0 Å². The van der Waals surface area contributed by atoms with Gasteiger partial charge >= 0.3 is 0 Å². The molecule has 0 fully saturated rings. The Labute approximate surface area is 121 Å². The first-order valence-electron chi connectivity index (χ1n) is 6.10. The van der Waals surface area contributed by atoms with Crippen LogP contribution in [-0.2, 0) is 0 Å². The monoisotopic (exact) mass is 291 g/mol. The fourth-order valence-corrected chi connectivity index (χ4v) is 1.79. The maximum absolute atomic E-state index is 12.2. The van der Waals surface area contributed by atoms with Gasteiger partial charge in [-0.15, -0.1) is 0 Å². The SMILES string of the molecule is CCNc1nc(Cl)ccc1NC(=O)c1cncnc1C. The molecule has 0 spiro atoms. The number of hydrogen-bond donors (Lipinski definition) is 2. The minimum Gasteiger partial charge on any atom is -0.369 e. The van der Waals surface area contributed by atoms with E-state index in [-0.39, 0.29) is 5.91 Å². The van der Waals surface area contributed by atoms with Gasteiger partial charge in [-0.2, -0.15) is 0 Å². The Morgan fingerprint density at radius 2 is 2.20 bits per heavy atom. The first-order chi connectivity index (χ1) is 9.61. The van der Waals surface area contributed by atoms with Crippen LogP contribution in [0.1, 0.15) is 23.0 Å². The Morgan fingerprint density at radius 1 is 1.40 bits per heavy atom. The molecule has 0 saturated heterocycles. The number of aromatic nitrogens is 3. The quantitative estimate of drug-likeness (QED) is 0.846. The number of nitrogens with zero attached hydrogens (tertiary/aromatic N) is 3. The molecule has 0 aliphatic heterocycles. The number of rotatable bonds is 4. The zero-order valence-corrected chi connectivity index (χ0v) is 11.9. The number of aryl methyl sites for hydroxylation is 1. The van der Waals surface area contributed by atoms with Crippen LogP contribution in [0.4, 0.5) is 11.5 Å². The van der Waals surface area contributed by atoms with E-state index in [1.807, 2.05) is 6.92 Å². The summed E-state index contributed by atoms with van der Waals surface area (Å²) in [6.45, 7) is 4.36. The van der Waals surface area contributed by atoms with E-state index in [2.05, 4.69) is 25.6 Å². The summed E-state index contributed by atoms with van der Waals surface area (Å²) in [5, 5.41) is 6.18. The Morgan fingerprint density at radius 3 is 2.90 bits per heavy atom. The third kappa shape index (κ3) is 3.21. The second-order valence-electron chi connectivity index (χ2n) is 4.04. The number of carbonyl (C=O) groups is 1. The summed E-state index contributed by atoms with van der Waals surface area (Å²) in [5.41, 5.74) is 1.60. The van der Waals surface area contributed by atoms with E-state index in [9.17, 15) is 4.79 Å². The molecule has 6 nitrogen and oxygen atoms in total. The van der Waals surface area contributed by atoms with Crippen LogP contribution in [0.3, 0.4) is 0 Å². The van der Waals surface area contributed by atoms with E-state index in [0.717, 1.165) is 0 Å². The van der Waals surface area contributed by atoms with Gasteiger partial charge in [-0.1, -0.05) is 11.6 Å². The Hall–Kier alpha value is -2.21. The lowest BCUT2D eigenvalue weighted by molar-refractivity contribution is 0.102. The standard InChI is InChI=1S/C13H14ClN5O/c1-3-16-12-10(4-5-11(14)19-12)18-13(20)9-6-15-7-17-8(9)2/h4-7H,3H2,1-2H3,(H,16,19)(H,18,20). The largest absolute Gasteiger partial charge is 0.369 e. The molecule has 0 aliphatic carbocycles. The summed E-state index contributed by atoms with van der Waals surface area (Å²) in [6.07, 6.45) is 2.88. The molecule has 104 valence electrons. The molecular formula is C13H14ClN5O. The molecule has 2 aromatic heterocycles. The fourth-order valence-electron chi connectivity index (χ4n) is 1.64. The smallest absolute Gasteiger partial charge is 0.259 e. The Kier molecular flexibility index (Phi) is 4.47. The fraction of sp³-hybridized carbons (Fsp3) is 0.231. The third-order valence-corrected chi connectivity index (χ3v) is 2.82. The zero-order valence-electron chi connectivity index (χ0n) is 11.1. The van der Waals surface area contributed by atoms with Crippen molar-refractivity contribution in [3.8, 4) is 0 Å². The molecule has 2 heterocycles. The van der Waals surface area contributed by atoms with Gasteiger partial charge in [0.05, 0.1) is 16.9 Å². The van der Waals surface area contributed by atoms with E-state index in [1.54, 1.807) is 19.1 Å². The molecule has 2 rings (SSSR count). The van der Waals surface area contributed by atoms with Crippen LogP contribution in [0.2, 0.25) is 5.15 Å². The van der Waals surface area contributed by atoms with Crippen LogP contribution in [-0.4, -0.2) is 27.4 Å². The van der Waals surface area contributed by atoms with Gasteiger partial charge in [-0.3, -0.25) is 4.79 Å². The molecule has 0 atom stereocenters. The highest BCUT2D eigenvalue weighted by molar-refractivity contribution is 6.29. The molecule has 20 heavy (non-hydrogen) atoms. The minimum atomic E-state index is -0.286. The Bertz CT molecular complexity index is 632. The number of hydrogen-bond acceptors (Lipinski definition) is 5. The summed E-state index contributed by atoms with van der Waals surface area (Å²) < 4.78 is 0. The number of nitrogens with one attached hydrogen (secondary N) is 2. The first-order valence-corrected chi connectivity index (χ1v) is 6.48. The van der Waals surface area contributed by atoms with Crippen LogP contribution in [0.25, 0.3) is 0 Å². The maximum Gasteiger partial charge on any atom is 0.259 e. The topological polar surface area (TPSA) is 79.8 Å². The van der Waals surface area contributed by atoms with Crippen molar-refractivity contribution in [2.24, 2.45) is 0 Å². The maximum atomic E-state index is 12.2. The molecule has 0 unspecified atom stereocenters. The van der Waals surface area contributed by atoms with Crippen LogP contribution in [0, 0.1) is 6.92 Å². The highest BCUT2D eigenvalue weighted by Gasteiger charge is 2.13. The van der Waals surface area contributed by atoms with E-state index >= 15 is 0 Å². The number of anilines is 2. The van der Waals surface area contributed by atoms with Crippen LogP contribution in [0.5, 0.6) is 0 Å². The summed E-state index contributed by atoms with van der Waals surface area (Å²) in [4.78, 5) is 24.2. The molecular weight excluding hydrogens is 278 g/mol. The van der Waals surface area contributed by atoms with Crippen molar-refractivity contribution in [3.63, 3.8) is 0 Å².